The van der Waals surface area contributed by atoms with Crippen LogP contribution >= 0.6 is 0 Å². The maximum Gasteiger partial charge on any atom is 0.227 e. The predicted octanol–water partition coefficient (Wildman–Crippen LogP) is 3.76. The number of benzene rings is 1. The maximum atomic E-state index is 12.1. The van der Waals surface area contributed by atoms with Gasteiger partial charge in [0, 0.05) is 24.4 Å². The third-order valence-electron chi connectivity index (χ3n) is 4.84. The van der Waals surface area contributed by atoms with Crippen LogP contribution in [0.15, 0.2) is 28.8 Å². The number of hydrogen-bond acceptors (Lipinski definition) is 5. The predicted molar refractivity (Wildman–Crippen MR) is 98.8 cm³/mol. The Labute approximate surface area is 154 Å². The van der Waals surface area contributed by atoms with Crippen LogP contribution in [0.5, 0.6) is 5.75 Å². The number of carbonyl (C=O) groups is 1. The van der Waals surface area contributed by atoms with Crippen LogP contribution in [0, 0.1) is 5.92 Å². The van der Waals surface area contributed by atoms with Crippen molar-refractivity contribution in [2.45, 2.75) is 58.4 Å². The fourth-order valence-corrected chi connectivity index (χ4v) is 3.27. The third-order valence-corrected chi connectivity index (χ3v) is 4.84. The molecule has 3 rings (SSSR count). The van der Waals surface area contributed by atoms with Crippen LogP contribution in [0.1, 0.15) is 51.8 Å². The van der Waals surface area contributed by atoms with E-state index in [-0.39, 0.29) is 5.91 Å². The molecule has 1 fully saturated rings. The summed E-state index contributed by atoms with van der Waals surface area (Å²) in [4.78, 5) is 16.5. The van der Waals surface area contributed by atoms with E-state index in [0.29, 0.717) is 37.2 Å². The number of nitrogens with zero attached hydrogens (tertiary/aromatic N) is 2. The van der Waals surface area contributed by atoms with Gasteiger partial charge in [0.2, 0.25) is 17.6 Å². The molecule has 140 valence electrons. The van der Waals surface area contributed by atoms with E-state index in [1.54, 1.807) is 0 Å². The van der Waals surface area contributed by atoms with Gasteiger partial charge in [0.15, 0.2) is 0 Å². The Hall–Kier alpha value is -2.37. The normalized spacial score (nSPS) is 19.9. The molecule has 1 heterocycles. The summed E-state index contributed by atoms with van der Waals surface area (Å²) in [6.07, 6.45) is 5.38. The molecule has 1 N–H and O–H groups in total. The largest absolute Gasteiger partial charge is 0.494 e. The lowest BCUT2D eigenvalue weighted by Gasteiger charge is -2.26. The van der Waals surface area contributed by atoms with Crippen molar-refractivity contribution >= 4 is 5.91 Å². The Morgan fingerprint density at radius 1 is 1.23 bits per heavy atom. The van der Waals surface area contributed by atoms with Crippen LogP contribution < -0.4 is 10.1 Å². The number of aryl methyl sites for hydroxylation is 1. The van der Waals surface area contributed by atoms with Crippen LogP contribution in [0.2, 0.25) is 0 Å². The highest BCUT2D eigenvalue weighted by molar-refractivity contribution is 5.76. The molecule has 6 heteroatoms. The minimum absolute atomic E-state index is 0.0605. The van der Waals surface area contributed by atoms with E-state index in [1.165, 1.54) is 12.8 Å². The number of rotatable bonds is 7. The molecule has 1 aliphatic rings. The fourth-order valence-electron chi connectivity index (χ4n) is 3.27. The van der Waals surface area contributed by atoms with Gasteiger partial charge in [0.05, 0.1) is 6.61 Å². The molecule has 2 aromatic rings. The first kappa shape index (κ1) is 18.4. The molecule has 0 aliphatic heterocycles. The minimum atomic E-state index is 0.0605. The fraction of sp³-hybridized carbons (Fsp3) is 0.550. The molecule has 1 aliphatic carbocycles. The summed E-state index contributed by atoms with van der Waals surface area (Å²) in [5.41, 5.74) is 0.865. The zero-order valence-electron chi connectivity index (χ0n) is 15.5. The first-order valence-corrected chi connectivity index (χ1v) is 9.49. The van der Waals surface area contributed by atoms with Gasteiger partial charge in [-0.2, -0.15) is 4.98 Å². The summed E-state index contributed by atoms with van der Waals surface area (Å²) in [6, 6.07) is 7.88. The highest BCUT2D eigenvalue weighted by atomic mass is 16.5. The number of carbonyl (C=O) groups excluding carboxylic acids is 1. The van der Waals surface area contributed by atoms with Crippen molar-refractivity contribution in [1.29, 1.82) is 0 Å². The second kappa shape index (κ2) is 8.83. The van der Waals surface area contributed by atoms with Crippen LogP contribution in [-0.2, 0) is 11.2 Å². The summed E-state index contributed by atoms with van der Waals surface area (Å²) >= 11 is 0. The van der Waals surface area contributed by atoms with Crippen LogP contribution in [-0.4, -0.2) is 28.7 Å². The highest BCUT2D eigenvalue weighted by Gasteiger charge is 2.20. The molecule has 26 heavy (non-hydrogen) atoms. The molecule has 0 unspecified atom stereocenters. The smallest absolute Gasteiger partial charge is 0.227 e. The molecule has 6 nitrogen and oxygen atoms in total. The SMILES string of the molecule is CCOc1ccc(-c2noc(CCC(=O)NC3CCC(C)CC3)n2)cc1. The van der Waals surface area contributed by atoms with E-state index >= 15 is 0 Å². The van der Waals surface area contributed by atoms with E-state index in [4.69, 9.17) is 9.26 Å². The quantitative estimate of drug-likeness (QED) is 0.816. The monoisotopic (exact) mass is 357 g/mol. The molecule has 1 saturated carbocycles. The first-order valence-electron chi connectivity index (χ1n) is 9.49. The molecule has 0 radical (unpaired) electrons. The van der Waals surface area contributed by atoms with Crippen molar-refractivity contribution in [3.8, 4) is 17.1 Å². The van der Waals surface area contributed by atoms with Crippen LogP contribution in [0.3, 0.4) is 0 Å². The lowest BCUT2D eigenvalue weighted by Crippen LogP contribution is -2.37. The van der Waals surface area contributed by atoms with Gasteiger partial charge in [0.25, 0.3) is 0 Å². The molecular formula is C20H27N3O3. The third kappa shape index (κ3) is 5.07. The van der Waals surface area contributed by atoms with Gasteiger partial charge in [-0.25, -0.2) is 0 Å². The zero-order chi connectivity index (χ0) is 18.4. The van der Waals surface area contributed by atoms with Gasteiger partial charge in [-0.1, -0.05) is 12.1 Å². The van der Waals surface area contributed by atoms with E-state index in [9.17, 15) is 4.79 Å². The van der Waals surface area contributed by atoms with Crippen molar-refractivity contribution in [2.24, 2.45) is 5.92 Å². The Kier molecular flexibility index (Phi) is 6.26. The molecule has 0 spiro atoms. The van der Waals surface area contributed by atoms with Crippen molar-refractivity contribution in [3.05, 3.63) is 30.2 Å². The molecular weight excluding hydrogens is 330 g/mol. The second-order valence-corrected chi connectivity index (χ2v) is 6.99. The van der Waals surface area contributed by atoms with Crippen LogP contribution in [0.4, 0.5) is 0 Å². The van der Waals surface area contributed by atoms with Crippen molar-refractivity contribution < 1.29 is 14.1 Å². The van der Waals surface area contributed by atoms with E-state index in [0.717, 1.165) is 30.1 Å². The first-order chi connectivity index (χ1) is 12.6. The number of hydrogen-bond donors (Lipinski definition) is 1. The molecule has 0 bridgehead atoms. The number of nitrogens with one attached hydrogen (secondary N) is 1. The van der Waals surface area contributed by atoms with Gasteiger partial charge in [-0.15, -0.1) is 0 Å². The number of aromatic nitrogens is 2. The topological polar surface area (TPSA) is 77.2 Å². The summed E-state index contributed by atoms with van der Waals surface area (Å²) in [5.74, 6) is 2.67. The molecule has 0 atom stereocenters. The van der Waals surface area contributed by atoms with Gasteiger partial charge in [0.1, 0.15) is 5.75 Å². The summed E-state index contributed by atoms with van der Waals surface area (Å²) in [7, 11) is 0. The van der Waals surface area contributed by atoms with Crippen molar-refractivity contribution in [1.82, 2.24) is 15.5 Å². The van der Waals surface area contributed by atoms with Crippen molar-refractivity contribution in [3.63, 3.8) is 0 Å². The Morgan fingerprint density at radius 3 is 2.65 bits per heavy atom. The molecule has 1 aromatic heterocycles. The summed E-state index contributed by atoms with van der Waals surface area (Å²) in [5, 5.41) is 7.13. The maximum absolute atomic E-state index is 12.1. The zero-order valence-corrected chi connectivity index (χ0v) is 15.5. The Balaban J connectivity index is 1.48. The summed E-state index contributed by atoms with van der Waals surface area (Å²) < 4.78 is 10.7. The van der Waals surface area contributed by atoms with Gasteiger partial charge < -0.3 is 14.6 Å². The van der Waals surface area contributed by atoms with Gasteiger partial charge in [-0.3, -0.25) is 4.79 Å². The second-order valence-electron chi connectivity index (χ2n) is 6.99. The van der Waals surface area contributed by atoms with Gasteiger partial charge >= 0.3 is 0 Å². The van der Waals surface area contributed by atoms with Crippen LogP contribution in [0.25, 0.3) is 11.4 Å². The highest BCUT2D eigenvalue weighted by Crippen LogP contribution is 2.23. The van der Waals surface area contributed by atoms with E-state index in [2.05, 4.69) is 22.4 Å². The number of amides is 1. The Bertz CT molecular complexity index is 703. The molecule has 1 amide bonds. The van der Waals surface area contributed by atoms with Gasteiger partial charge in [-0.05, 0) is 62.8 Å². The molecule has 1 aromatic carbocycles. The van der Waals surface area contributed by atoms with E-state index < -0.39 is 0 Å². The average Bonchev–Trinajstić information content (AvgIpc) is 3.12. The minimum Gasteiger partial charge on any atom is -0.494 e. The average molecular weight is 357 g/mol. The Morgan fingerprint density at radius 2 is 1.96 bits per heavy atom. The van der Waals surface area contributed by atoms with E-state index in [1.807, 2.05) is 31.2 Å². The standard InChI is InChI=1S/C20H27N3O3/c1-3-25-17-10-6-15(7-11-17)20-22-19(26-23-20)13-12-18(24)21-16-8-4-14(2)5-9-16/h6-7,10-11,14,16H,3-5,8-9,12-13H2,1-2H3,(H,21,24). The molecule has 0 saturated heterocycles. The lowest BCUT2D eigenvalue weighted by molar-refractivity contribution is -0.122. The lowest BCUT2D eigenvalue weighted by atomic mass is 9.87. The van der Waals surface area contributed by atoms with Crippen molar-refractivity contribution in [2.75, 3.05) is 6.61 Å². The summed E-state index contributed by atoms with van der Waals surface area (Å²) in [6.45, 7) is 4.85. The number of ether oxygens (including phenoxy) is 1.